The van der Waals surface area contributed by atoms with Crippen LogP contribution in [0.2, 0.25) is 0 Å². The summed E-state index contributed by atoms with van der Waals surface area (Å²) in [7, 11) is 0. The highest BCUT2D eigenvalue weighted by molar-refractivity contribution is 4.82. The third-order valence-corrected chi connectivity index (χ3v) is 4.03. The quantitative estimate of drug-likeness (QED) is 0.731. The van der Waals surface area contributed by atoms with Gasteiger partial charge in [-0.1, -0.05) is 46.5 Å². The Balaban J connectivity index is 2.52. The van der Waals surface area contributed by atoms with Crippen molar-refractivity contribution in [3.63, 3.8) is 0 Å². The van der Waals surface area contributed by atoms with Crippen molar-refractivity contribution in [2.24, 2.45) is 5.92 Å². The largest absolute Gasteiger partial charge is 0.302 e. The highest BCUT2D eigenvalue weighted by atomic mass is 15.3. The number of nitrogens with one attached hydrogen (secondary N) is 1. The Kier molecular flexibility index (Phi) is 7.14. The second-order valence-electron chi connectivity index (χ2n) is 5.82. The van der Waals surface area contributed by atoms with Crippen LogP contribution in [-0.4, -0.2) is 30.2 Å². The van der Waals surface area contributed by atoms with Gasteiger partial charge in [0.05, 0.1) is 6.17 Å². The summed E-state index contributed by atoms with van der Waals surface area (Å²) in [5, 5.41) is 3.64. The molecule has 1 heterocycles. The maximum absolute atomic E-state index is 3.64. The topological polar surface area (TPSA) is 15.3 Å². The monoisotopic (exact) mass is 240 g/mol. The highest BCUT2D eigenvalue weighted by Gasteiger charge is 2.27. The van der Waals surface area contributed by atoms with Crippen molar-refractivity contribution in [1.82, 2.24) is 10.2 Å². The van der Waals surface area contributed by atoms with Crippen LogP contribution in [0.3, 0.4) is 0 Å². The molecule has 17 heavy (non-hydrogen) atoms. The maximum Gasteiger partial charge on any atom is 0.0570 e. The van der Waals surface area contributed by atoms with Crippen LogP contribution in [0.1, 0.15) is 66.2 Å². The molecule has 0 aliphatic carbocycles. The minimum atomic E-state index is 0.574. The van der Waals surface area contributed by atoms with E-state index in [9.17, 15) is 0 Å². The molecule has 0 radical (unpaired) electrons. The Labute approximate surface area is 108 Å². The zero-order valence-corrected chi connectivity index (χ0v) is 12.3. The first-order chi connectivity index (χ1) is 8.19. The fourth-order valence-electron chi connectivity index (χ4n) is 2.89. The van der Waals surface area contributed by atoms with Gasteiger partial charge in [-0.2, -0.15) is 0 Å². The number of unbranched alkanes of at least 4 members (excludes halogenated alkanes) is 2. The van der Waals surface area contributed by atoms with E-state index in [1.165, 1.54) is 51.6 Å². The average Bonchev–Trinajstić information content (AvgIpc) is 2.33. The van der Waals surface area contributed by atoms with E-state index in [0.29, 0.717) is 6.17 Å². The standard InChI is InChI=1S/C15H32N2/c1-5-7-9-15(10-8-6-2)17-12-13(3)11-16-14(17)4/h13-16H,5-12H2,1-4H3. The molecule has 0 amide bonds. The molecular formula is C15H32N2. The first-order valence-electron chi connectivity index (χ1n) is 7.68. The van der Waals surface area contributed by atoms with E-state index in [-0.39, 0.29) is 0 Å². The summed E-state index contributed by atoms with van der Waals surface area (Å²) in [5.41, 5.74) is 0. The van der Waals surface area contributed by atoms with Crippen molar-refractivity contribution >= 4 is 0 Å². The molecule has 2 unspecified atom stereocenters. The van der Waals surface area contributed by atoms with Crippen molar-refractivity contribution in [1.29, 1.82) is 0 Å². The number of hydrogen-bond acceptors (Lipinski definition) is 2. The molecule has 1 rings (SSSR count). The van der Waals surface area contributed by atoms with Crippen LogP contribution in [0.4, 0.5) is 0 Å². The van der Waals surface area contributed by atoms with Gasteiger partial charge < -0.3 is 5.32 Å². The Morgan fingerprint density at radius 3 is 2.24 bits per heavy atom. The third kappa shape index (κ3) is 4.97. The van der Waals surface area contributed by atoms with Gasteiger partial charge in [-0.05, 0) is 25.7 Å². The summed E-state index contributed by atoms with van der Waals surface area (Å²) in [6.45, 7) is 11.8. The molecule has 0 aromatic heterocycles. The molecule has 0 spiro atoms. The SMILES string of the molecule is CCCCC(CCCC)N1CC(C)CNC1C. The summed E-state index contributed by atoms with van der Waals surface area (Å²) >= 11 is 0. The molecule has 2 heteroatoms. The van der Waals surface area contributed by atoms with Gasteiger partial charge in [-0.15, -0.1) is 0 Å². The summed E-state index contributed by atoms with van der Waals surface area (Å²) in [6, 6.07) is 0.806. The van der Waals surface area contributed by atoms with Crippen molar-refractivity contribution < 1.29 is 0 Å². The summed E-state index contributed by atoms with van der Waals surface area (Å²) in [4.78, 5) is 2.72. The summed E-state index contributed by atoms with van der Waals surface area (Å²) in [6.07, 6.45) is 8.76. The smallest absolute Gasteiger partial charge is 0.0570 e. The van der Waals surface area contributed by atoms with Crippen LogP contribution in [0.25, 0.3) is 0 Å². The zero-order valence-electron chi connectivity index (χ0n) is 12.3. The van der Waals surface area contributed by atoms with E-state index in [0.717, 1.165) is 12.0 Å². The summed E-state index contributed by atoms with van der Waals surface area (Å²) < 4.78 is 0. The van der Waals surface area contributed by atoms with Gasteiger partial charge >= 0.3 is 0 Å². The van der Waals surface area contributed by atoms with Gasteiger partial charge in [0.2, 0.25) is 0 Å². The first-order valence-corrected chi connectivity index (χ1v) is 7.68. The predicted molar refractivity (Wildman–Crippen MR) is 76.2 cm³/mol. The Morgan fingerprint density at radius 1 is 1.12 bits per heavy atom. The lowest BCUT2D eigenvalue weighted by atomic mass is 9.98. The molecule has 1 fully saturated rings. The molecule has 2 atom stereocenters. The molecule has 0 aromatic rings. The molecule has 1 N–H and O–H groups in total. The number of nitrogens with zero attached hydrogens (tertiary/aromatic N) is 1. The summed E-state index contributed by atoms with van der Waals surface area (Å²) in [5.74, 6) is 0.803. The highest BCUT2D eigenvalue weighted by Crippen LogP contribution is 2.21. The normalized spacial score (nSPS) is 26.6. The molecule has 0 aromatic carbocycles. The van der Waals surface area contributed by atoms with Gasteiger partial charge in [0.1, 0.15) is 0 Å². The van der Waals surface area contributed by atoms with Crippen molar-refractivity contribution in [2.75, 3.05) is 13.1 Å². The van der Waals surface area contributed by atoms with Crippen LogP contribution in [0.5, 0.6) is 0 Å². The molecular weight excluding hydrogens is 208 g/mol. The minimum absolute atomic E-state index is 0.574. The van der Waals surface area contributed by atoms with Gasteiger partial charge in [0.15, 0.2) is 0 Å². The fraction of sp³-hybridized carbons (Fsp3) is 1.00. The molecule has 1 aliphatic heterocycles. The van der Waals surface area contributed by atoms with Crippen molar-refractivity contribution in [2.45, 2.75) is 78.4 Å². The lowest BCUT2D eigenvalue weighted by Gasteiger charge is -2.43. The van der Waals surface area contributed by atoms with E-state index < -0.39 is 0 Å². The Hall–Kier alpha value is -0.0800. The average molecular weight is 240 g/mol. The third-order valence-electron chi connectivity index (χ3n) is 4.03. The molecule has 1 saturated heterocycles. The first kappa shape index (κ1) is 15.0. The lowest BCUT2D eigenvalue weighted by molar-refractivity contribution is 0.0550. The van der Waals surface area contributed by atoms with Crippen LogP contribution < -0.4 is 5.32 Å². The van der Waals surface area contributed by atoms with Crippen molar-refractivity contribution in [3.05, 3.63) is 0 Å². The van der Waals surface area contributed by atoms with Crippen molar-refractivity contribution in [3.8, 4) is 0 Å². The molecule has 0 saturated carbocycles. The van der Waals surface area contributed by atoms with E-state index in [1.807, 2.05) is 0 Å². The minimum Gasteiger partial charge on any atom is -0.302 e. The van der Waals surface area contributed by atoms with Gasteiger partial charge in [-0.25, -0.2) is 0 Å². The number of rotatable bonds is 7. The van der Waals surface area contributed by atoms with Gasteiger partial charge in [-0.3, -0.25) is 4.90 Å². The van der Waals surface area contributed by atoms with Crippen LogP contribution in [0, 0.1) is 5.92 Å². The molecule has 1 aliphatic rings. The van der Waals surface area contributed by atoms with E-state index >= 15 is 0 Å². The van der Waals surface area contributed by atoms with E-state index in [2.05, 4.69) is 37.9 Å². The number of hydrogen-bond donors (Lipinski definition) is 1. The van der Waals surface area contributed by atoms with E-state index in [1.54, 1.807) is 0 Å². The van der Waals surface area contributed by atoms with Crippen LogP contribution >= 0.6 is 0 Å². The second-order valence-corrected chi connectivity index (χ2v) is 5.82. The van der Waals surface area contributed by atoms with Gasteiger partial charge in [0.25, 0.3) is 0 Å². The van der Waals surface area contributed by atoms with Crippen LogP contribution in [0.15, 0.2) is 0 Å². The predicted octanol–water partition coefficient (Wildman–Crippen LogP) is 3.62. The zero-order chi connectivity index (χ0) is 12.7. The Bertz CT molecular complexity index is 185. The lowest BCUT2D eigenvalue weighted by Crippen LogP contribution is -2.56. The fourth-order valence-corrected chi connectivity index (χ4v) is 2.89. The van der Waals surface area contributed by atoms with E-state index in [4.69, 9.17) is 0 Å². The second kappa shape index (κ2) is 8.10. The molecule has 102 valence electrons. The maximum atomic E-state index is 3.64. The Morgan fingerprint density at radius 2 is 1.71 bits per heavy atom. The molecule has 2 nitrogen and oxygen atoms in total. The molecule has 0 bridgehead atoms. The van der Waals surface area contributed by atoms with Crippen LogP contribution in [-0.2, 0) is 0 Å². The van der Waals surface area contributed by atoms with Gasteiger partial charge in [0, 0.05) is 19.1 Å².